The van der Waals surface area contributed by atoms with Gasteiger partial charge in [0.25, 0.3) is 16.4 Å². The van der Waals surface area contributed by atoms with Crippen LogP contribution < -0.4 is 10.0 Å². The largest absolute Gasteiger partial charge is 0.324 e. The molecule has 1 fully saturated rings. The summed E-state index contributed by atoms with van der Waals surface area (Å²) in [5, 5.41) is 14.0. The summed E-state index contributed by atoms with van der Waals surface area (Å²) in [4.78, 5) is 12.3. The summed E-state index contributed by atoms with van der Waals surface area (Å²) in [5.74, 6) is -0.396. The number of alkyl halides is 2. The van der Waals surface area contributed by atoms with Gasteiger partial charge >= 0.3 is 0 Å². The molecule has 13 heteroatoms. The smallest absolute Gasteiger partial charge is 0.280 e. The van der Waals surface area contributed by atoms with E-state index in [0.717, 1.165) is 17.5 Å². The lowest BCUT2D eigenvalue weighted by molar-refractivity contribution is -0.117. The second-order valence-electron chi connectivity index (χ2n) is 7.15. The van der Waals surface area contributed by atoms with E-state index in [4.69, 9.17) is 11.6 Å². The van der Waals surface area contributed by atoms with Gasteiger partial charge in [-0.1, -0.05) is 11.6 Å². The van der Waals surface area contributed by atoms with Gasteiger partial charge in [0, 0.05) is 11.6 Å². The minimum Gasteiger partial charge on any atom is -0.324 e. The average molecular weight is 483 g/mol. The molecule has 2 N–H and O–H groups in total. The van der Waals surface area contributed by atoms with Crippen molar-refractivity contribution >= 4 is 39.0 Å². The Morgan fingerprint density at radius 3 is 2.47 bits per heavy atom. The molecule has 1 saturated carbocycles. The first kappa shape index (κ1) is 22.1. The predicted molar refractivity (Wildman–Crippen MR) is 112 cm³/mol. The lowest BCUT2D eigenvalue weighted by atomic mass is 10.3. The second-order valence-corrected chi connectivity index (χ2v) is 9.22. The Hall–Kier alpha value is -3.12. The number of sulfonamides is 1. The van der Waals surface area contributed by atoms with Gasteiger partial charge in [-0.05, 0) is 55.3 Å². The van der Waals surface area contributed by atoms with E-state index in [-0.39, 0.29) is 34.0 Å². The maximum atomic E-state index is 13.3. The van der Waals surface area contributed by atoms with E-state index in [9.17, 15) is 22.0 Å². The molecular formula is C19H17ClF2N6O3S. The number of anilines is 2. The molecule has 1 aliphatic carbocycles. The summed E-state index contributed by atoms with van der Waals surface area (Å²) < 4.78 is 54.7. The van der Waals surface area contributed by atoms with Crippen LogP contribution in [-0.2, 0) is 21.4 Å². The number of benzene rings is 1. The molecule has 0 aliphatic heterocycles. The van der Waals surface area contributed by atoms with Crippen molar-refractivity contribution in [3.05, 3.63) is 59.0 Å². The quantitative estimate of drug-likeness (QED) is 0.506. The number of rotatable bonds is 8. The predicted octanol–water partition coefficient (Wildman–Crippen LogP) is 3.58. The number of hydrogen-bond acceptors (Lipinski definition) is 6. The van der Waals surface area contributed by atoms with Crippen molar-refractivity contribution in [3.8, 4) is 0 Å². The molecule has 0 bridgehead atoms. The average Bonchev–Trinajstić information content (AvgIpc) is 3.50. The van der Waals surface area contributed by atoms with Crippen LogP contribution in [0.2, 0.25) is 5.15 Å². The summed E-state index contributed by atoms with van der Waals surface area (Å²) in [6, 6.07) is 9.42. The summed E-state index contributed by atoms with van der Waals surface area (Å²) >= 11 is 5.62. The zero-order valence-electron chi connectivity index (χ0n) is 16.4. The standard InChI is InChI=1S/C19H17ClF2N6O3S/c20-16-7-8-17(25-24-16)27-32(30,31)13-5-3-12(4-6-13)23-18(29)10-28-15(19(21)22)9-14(26-28)11-1-2-11/h3-9,11,19H,1-2,10H2,(H,23,29)(H,25,27). The minimum absolute atomic E-state index is 0.00796. The van der Waals surface area contributed by atoms with Gasteiger partial charge in [0.1, 0.15) is 12.2 Å². The first-order valence-electron chi connectivity index (χ1n) is 9.49. The Morgan fingerprint density at radius 1 is 1.16 bits per heavy atom. The van der Waals surface area contributed by atoms with E-state index in [1.165, 1.54) is 42.5 Å². The van der Waals surface area contributed by atoms with Crippen LogP contribution in [0, 0.1) is 0 Å². The number of aromatic nitrogens is 4. The highest BCUT2D eigenvalue weighted by atomic mass is 35.5. The van der Waals surface area contributed by atoms with Gasteiger partial charge in [0.2, 0.25) is 5.91 Å². The van der Waals surface area contributed by atoms with E-state index >= 15 is 0 Å². The van der Waals surface area contributed by atoms with E-state index in [1.807, 2.05) is 0 Å². The summed E-state index contributed by atoms with van der Waals surface area (Å²) in [5.41, 5.74) is 0.564. The van der Waals surface area contributed by atoms with Crippen LogP contribution in [0.4, 0.5) is 20.3 Å². The van der Waals surface area contributed by atoms with Gasteiger partial charge < -0.3 is 5.32 Å². The van der Waals surface area contributed by atoms with Crippen molar-refractivity contribution in [3.63, 3.8) is 0 Å². The van der Waals surface area contributed by atoms with Crippen molar-refractivity contribution in [1.82, 2.24) is 20.0 Å². The molecule has 0 saturated heterocycles. The van der Waals surface area contributed by atoms with Gasteiger partial charge in [0.15, 0.2) is 11.0 Å². The molecule has 0 unspecified atom stereocenters. The van der Waals surface area contributed by atoms with Crippen molar-refractivity contribution in [2.24, 2.45) is 0 Å². The molecule has 1 amide bonds. The van der Waals surface area contributed by atoms with Gasteiger partial charge in [0.05, 0.1) is 10.6 Å². The molecule has 1 aromatic carbocycles. The normalized spacial score (nSPS) is 13.9. The molecule has 2 heterocycles. The van der Waals surface area contributed by atoms with Crippen LogP contribution in [0.5, 0.6) is 0 Å². The first-order chi connectivity index (χ1) is 15.2. The second kappa shape index (κ2) is 8.79. The van der Waals surface area contributed by atoms with Crippen molar-refractivity contribution in [2.75, 3.05) is 10.0 Å². The molecule has 1 aliphatic rings. The lowest BCUT2D eigenvalue weighted by Gasteiger charge is -2.10. The highest BCUT2D eigenvalue weighted by Crippen LogP contribution is 2.40. The van der Waals surface area contributed by atoms with Gasteiger partial charge in [-0.25, -0.2) is 17.2 Å². The third kappa shape index (κ3) is 5.19. The monoisotopic (exact) mass is 482 g/mol. The maximum absolute atomic E-state index is 13.3. The lowest BCUT2D eigenvalue weighted by Crippen LogP contribution is -2.21. The molecular weight excluding hydrogens is 466 g/mol. The highest BCUT2D eigenvalue weighted by molar-refractivity contribution is 7.92. The topological polar surface area (TPSA) is 119 Å². The van der Waals surface area contributed by atoms with Crippen molar-refractivity contribution in [1.29, 1.82) is 0 Å². The number of amides is 1. The Labute approximate surface area is 186 Å². The molecule has 0 radical (unpaired) electrons. The molecule has 0 atom stereocenters. The fraction of sp³-hybridized carbons (Fsp3) is 0.263. The van der Waals surface area contributed by atoms with E-state index in [0.29, 0.717) is 11.4 Å². The Morgan fingerprint density at radius 2 is 1.88 bits per heavy atom. The minimum atomic E-state index is -3.94. The molecule has 4 rings (SSSR count). The maximum Gasteiger partial charge on any atom is 0.280 e. The first-order valence-corrected chi connectivity index (χ1v) is 11.3. The van der Waals surface area contributed by atoms with Crippen LogP contribution in [0.25, 0.3) is 0 Å². The van der Waals surface area contributed by atoms with Crippen LogP contribution >= 0.6 is 11.6 Å². The summed E-state index contributed by atoms with van der Waals surface area (Å²) in [7, 11) is -3.94. The number of halogens is 3. The Balaban J connectivity index is 1.41. The van der Waals surface area contributed by atoms with Crippen LogP contribution in [0.15, 0.2) is 47.4 Å². The molecule has 168 valence electrons. The van der Waals surface area contributed by atoms with E-state index in [1.54, 1.807) is 0 Å². The SMILES string of the molecule is O=C(Cn1nc(C2CC2)cc1C(F)F)Nc1ccc(S(=O)(=O)Nc2ccc(Cl)nn2)cc1. The summed E-state index contributed by atoms with van der Waals surface area (Å²) in [6.07, 6.45) is -0.939. The van der Waals surface area contributed by atoms with Crippen molar-refractivity contribution in [2.45, 2.75) is 36.6 Å². The van der Waals surface area contributed by atoms with E-state index < -0.39 is 22.4 Å². The van der Waals surface area contributed by atoms with Crippen LogP contribution in [0.1, 0.15) is 36.6 Å². The Bertz CT molecular complexity index is 1230. The molecule has 9 nitrogen and oxygen atoms in total. The van der Waals surface area contributed by atoms with E-state index in [2.05, 4.69) is 25.3 Å². The Kier molecular flexibility index (Phi) is 6.07. The van der Waals surface area contributed by atoms with Crippen LogP contribution in [0.3, 0.4) is 0 Å². The molecule has 3 aromatic rings. The number of nitrogens with one attached hydrogen (secondary N) is 2. The van der Waals surface area contributed by atoms with Gasteiger partial charge in [-0.3, -0.25) is 14.2 Å². The van der Waals surface area contributed by atoms with Gasteiger partial charge in [-0.15, -0.1) is 10.2 Å². The third-order valence-electron chi connectivity index (χ3n) is 4.66. The zero-order valence-corrected chi connectivity index (χ0v) is 17.9. The number of nitrogens with zero attached hydrogens (tertiary/aromatic N) is 4. The highest BCUT2D eigenvalue weighted by Gasteiger charge is 2.29. The molecule has 2 aromatic heterocycles. The number of hydrogen-bond donors (Lipinski definition) is 2. The summed E-state index contributed by atoms with van der Waals surface area (Å²) in [6.45, 7) is -0.386. The third-order valence-corrected chi connectivity index (χ3v) is 6.23. The van der Waals surface area contributed by atoms with Gasteiger partial charge in [-0.2, -0.15) is 5.10 Å². The molecule has 32 heavy (non-hydrogen) atoms. The number of carbonyl (C=O) groups excluding carboxylic acids is 1. The fourth-order valence-electron chi connectivity index (χ4n) is 2.95. The fourth-order valence-corrected chi connectivity index (χ4v) is 4.05. The molecule has 0 spiro atoms. The van der Waals surface area contributed by atoms with Crippen LogP contribution in [-0.4, -0.2) is 34.3 Å². The zero-order chi connectivity index (χ0) is 22.9. The number of carbonyl (C=O) groups is 1. The van der Waals surface area contributed by atoms with Crippen molar-refractivity contribution < 1.29 is 22.0 Å².